The number of benzene rings is 1. The van der Waals surface area contributed by atoms with Gasteiger partial charge in [0.25, 0.3) is 11.2 Å². The SMILES string of the molecule is CN(C(=O)Cn1cc([N+](=O)[O-])ccc1=O)[C@H]1CCCc2ccccc21. The van der Waals surface area contributed by atoms with Gasteiger partial charge in [-0.05, 0) is 30.4 Å². The van der Waals surface area contributed by atoms with E-state index in [2.05, 4.69) is 6.07 Å². The molecule has 7 nitrogen and oxygen atoms in total. The summed E-state index contributed by atoms with van der Waals surface area (Å²) in [5.41, 5.74) is 1.73. The number of carbonyl (C=O) groups is 1. The van der Waals surface area contributed by atoms with Crippen molar-refractivity contribution in [1.29, 1.82) is 0 Å². The lowest BCUT2D eigenvalue weighted by molar-refractivity contribution is -0.385. The summed E-state index contributed by atoms with van der Waals surface area (Å²) in [6.07, 6.45) is 3.97. The van der Waals surface area contributed by atoms with Crippen LogP contribution in [0.4, 0.5) is 5.69 Å². The van der Waals surface area contributed by atoms with E-state index in [1.165, 1.54) is 5.56 Å². The van der Waals surface area contributed by atoms with E-state index in [9.17, 15) is 19.7 Å². The van der Waals surface area contributed by atoms with E-state index >= 15 is 0 Å². The molecule has 1 aliphatic carbocycles. The number of pyridine rings is 1. The van der Waals surface area contributed by atoms with Crippen LogP contribution in [-0.2, 0) is 17.8 Å². The molecule has 1 amide bonds. The fourth-order valence-corrected chi connectivity index (χ4v) is 3.31. The molecule has 25 heavy (non-hydrogen) atoms. The van der Waals surface area contributed by atoms with Crippen LogP contribution in [0, 0.1) is 10.1 Å². The van der Waals surface area contributed by atoms with Gasteiger partial charge >= 0.3 is 0 Å². The smallest absolute Gasteiger partial charge is 0.285 e. The molecule has 0 aliphatic heterocycles. The Morgan fingerprint density at radius 2 is 2.08 bits per heavy atom. The lowest BCUT2D eigenvalue weighted by Crippen LogP contribution is -2.37. The van der Waals surface area contributed by atoms with Gasteiger partial charge in [-0.15, -0.1) is 0 Å². The predicted molar refractivity (Wildman–Crippen MR) is 92.2 cm³/mol. The molecule has 0 N–H and O–H groups in total. The van der Waals surface area contributed by atoms with E-state index in [-0.39, 0.29) is 24.2 Å². The molecular formula is C18H19N3O4. The van der Waals surface area contributed by atoms with Gasteiger partial charge in [-0.2, -0.15) is 0 Å². The molecule has 0 spiro atoms. The molecule has 0 saturated heterocycles. The number of nitrogens with zero attached hydrogens (tertiary/aromatic N) is 3. The van der Waals surface area contributed by atoms with Crippen LogP contribution < -0.4 is 5.56 Å². The summed E-state index contributed by atoms with van der Waals surface area (Å²) in [5.74, 6) is -0.246. The number of fused-ring (bicyclic) bond motifs is 1. The maximum Gasteiger partial charge on any atom is 0.285 e. The lowest BCUT2D eigenvalue weighted by Gasteiger charge is -2.33. The molecule has 0 fully saturated rings. The monoisotopic (exact) mass is 341 g/mol. The van der Waals surface area contributed by atoms with E-state index < -0.39 is 10.5 Å². The van der Waals surface area contributed by atoms with Gasteiger partial charge < -0.3 is 4.90 Å². The Bertz CT molecular complexity index is 875. The highest BCUT2D eigenvalue weighted by Gasteiger charge is 2.26. The highest BCUT2D eigenvalue weighted by atomic mass is 16.6. The molecular weight excluding hydrogens is 322 g/mol. The van der Waals surface area contributed by atoms with E-state index in [0.717, 1.165) is 47.7 Å². The van der Waals surface area contributed by atoms with Crippen molar-refractivity contribution >= 4 is 11.6 Å². The van der Waals surface area contributed by atoms with Crippen molar-refractivity contribution in [3.63, 3.8) is 0 Å². The Kier molecular flexibility index (Phi) is 4.65. The van der Waals surface area contributed by atoms with Crippen LogP contribution in [0.25, 0.3) is 0 Å². The fourth-order valence-electron chi connectivity index (χ4n) is 3.31. The highest BCUT2D eigenvalue weighted by molar-refractivity contribution is 5.76. The third kappa shape index (κ3) is 3.45. The van der Waals surface area contributed by atoms with Crippen LogP contribution >= 0.6 is 0 Å². The Labute approximate surface area is 144 Å². The third-order valence-corrected chi connectivity index (χ3v) is 4.68. The molecule has 1 aromatic carbocycles. The normalized spacial score (nSPS) is 16.1. The lowest BCUT2D eigenvalue weighted by atomic mass is 9.87. The Hall–Kier alpha value is -2.96. The average molecular weight is 341 g/mol. The van der Waals surface area contributed by atoms with Crippen LogP contribution in [-0.4, -0.2) is 27.3 Å². The zero-order valence-electron chi connectivity index (χ0n) is 13.9. The van der Waals surface area contributed by atoms with Crippen molar-refractivity contribution in [1.82, 2.24) is 9.47 Å². The van der Waals surface area contributed by atoms with Crippen LogP contribution in [0.5, 0.6) is 0 Å². The standard InChI is InChI=1S/C18H19N3O4/c1-19(16-8-4-6-13-5-2-3-7-15(13)16)18(23)12-20-11-14(21(24)25)9-10-17(20)22/h2-3,5,7,9-11,16H,4,6,8,12H2,1H3/t16-/m0/s1. The van der Waals surface area contributed by atoms with Crippen LogP contribution in [0.3, 0.4) is 0 Å². The van der Waals surface area contributed by atoms with E-state index in [1.807, 2.05) is 18.2 Å². The number of nitro groups is 1. The van der Waals surface area contributed by atoms with Gasteiger partial charge in [0.2, 0.25) is 5.91 Å². The fraction of sp³-hybridized carbons (Fsp3) is 0.333. The van der Waals surface area contributed by atoms with Gasteiger partial charge in [0.05, 0.1) is 17.2 Å². The van der Waals surface area contributed by atoms with Crippen molar-refractivity contribution in [3.05, 3.63) is 74.2 Å². The summed E-state index contributed by atoms with van der Waals surface area (Å²) in [7, 11) is 1.72. The van der Waals surface area contributed by atoms with Crippen LogP contribution in [0.2, 0.25) is 0 Å². The summed E-state index contributed by atoms with van der Waals surface area (Å²) in [5, 5.41) is 10.9. The molecule has 0 saturated carbocycles. The van der Waals surface area contributed by atoms with Crippen molar-refractivity contribution in [2.24, 2.45) is 0 Å². The molecule has 0 bridgehead atoms. The maximum absolute atomic E-state index is 12.7. The maximum atomic E-state index is 12.7. The van der Waals surface area contributed by atoms with E-state index in [4.69, 9.17) is 0 Å². The first-order valence-electron chi connectivity index (χ1n) is 8.15. The quantitative estimate of drug-likeness (QED) is 0.631. The van der Waals surface area contributed by atoms with Crippen molar-refractivity contribution in [2.75, 3.05) is 7.05 Å². The molecule has 1 atom stereocenters. The minimum absolute atomic E-state index is 0.0353. The van der Waals surface area contributed by atoms with Gasteiger partial charge in [-0.25, -0.2) is 0 Å². The van der Waals surface area contributed by atoms with Crippen molar-refractivity contribution in [2.45, 2.75) is 31.8 Å². The minimum atomic E-state index is -0.582. The Morgan fingerprint density at radius 3 is 2.84 bits per heavy atom. The summed E-state index contributed by atoms with van der Waals surface area (Å²) < 4.78 is 1.09. The van der Waals surface area contributed by atoms with Crippen LogP contribution in [0.15, 0.2) is 47.4 Å². The largest absolute Gasteiger partial charge is 0.337 e. The number of carbonyl (C=O) groups excluding carboxylic acids is 1. The minimum Gasteiger partial charge on any atom is -0.337 e. The van der Waals surface area contributed by atoms with Gasteiger partial charge in [-0.1, -0.05) is 24.3 Å². The first-order chi connectivity index (χ1) is 12.0. The molecule has 1 aliphatic rings. The second-order valence-corrected chi connectivity index (χ2v) is 6.22. The number of hydrogen-bond acceptors (Lipinski definition) is 4. The number of aromatic nitrogens is 1. The third-order valence-electron chi connectivity index (χ3n) is 4.68. The van der Waals surface area contributed by atoms with Gasteiger partial charge in [0.1, 0.15) is 6.54 Å². The Balaban J connectivity index is 1.82. The Morgan fingerprint density at radius 1 is 1.32 bits per heavy atom. The summed E-state index contributed by atoms with van der Waals surface area (Å²) in [6.45, 7) is -0.213. The first kappa shape index (κ1) is 16.9. The van der Waals surface area contributed by atoms with Crippen molar-refractivity contribution < 1.29 is 9.72 Å². The number of likely N-dealkylation sites (N-methyl/N-ethyl adjacent to an activating group) is 1. The number of rotatable bonds is 4. The number of aryl methyl sites for hydroxylation is 1. The predicted octanol–water partition coefficient (Wildman–Crippen LogP) is 2.29. The second kappa shape index (κ2) is 6.88. The van der Waals surface area contributed by atoms with Gasteiger partial charge in [-0.3, -0.25) is 24.3 Å². The second-order valence-electron chi connectivity index (χ2n) is 6.22. The molecule has 0 radical (unpaired) electrons. The number of hydrogen-bond donors (Lipinski definition) is 0. The van der Waals surface area contributed by atoms with Gasteiger partial charge in [0.15, 0.2) is 0 Å². The van der Waals surface area contributed by atoms with Crippen molar-refractivity contribution in [3.8, 4) is 0 Å². The summed E-state index contributed by atoms with van der Waals surface area (Å²) in [4.78, 5) is 36.5. The van der Waals surface area contributed by atoms with Gasteiger partial charge in [0, 0.05) is 19.2 Å². The summed E-state index contributed by atoms with van der Waals surface area (Å²) >= 11 is 0. The highest BCUT2D eigenvalue weighted by Crippen LogP contribution is 2.33. The molecule has 2 aromatic rings. The first-order valence-corrected chi connectivity index (χ1v) is 8.15. The molecule has 130 valence electrons. The average Bonchev–Trinajstić information content (AvgIpc) is 2.62. The van der Waals surface area contributed by atoms with E-state index in [1.54, 1.807) is 11.9 Å². The van der Waals surface area contributed by atoms with E-state index in [0.29, 0.717) is 0 Å². The summed E-state index contributed by atoms with van der Waals surface area (Å²) in [6, 6.07) is 10.3. The molecule has 3 rings (SSSR count). The topological polar surface area (TPSA) is 85.4 Å². The zero-order chi connectivity index (χ0) is 18.0. The molecule has 1 aromatic heterocycles. The molecule has 7 heteroatoms. The number of amides is 1. The molecule has 1 heterocycles. The van der Waals surface area contributed by atoms with Crippen LogP contribution in [0.1, 0.15) is 30.0 Å². The molecule has 0 unspecified atom stereocenters. The zero-order valence-corrected chi connectivity index (χ0v) is 13.9.